The zero-order valence-corrected chi connectivity index (χ0v) is 9.25. The van der Waals surface area contributed by atoms with Crippen LogP contribution in [0.15, 0.2) is 0 Å². The fourth-order valence-electron chi connectivity index (χ4n) is 1.65. The number of nitrogens with zero attached hydrogens (tertiary/aromatic N) is 1. The highest BCUT2D eigenvalue weighted by Gasteiger charge is 2.29. The standard InChI is InChI=1S/C11H19NO2/c1-4-9-5-11(14)12(6-9)7-10(13)8(2)3/h8-9H,4-7H2,1-3H3. The van der Waals surface area contributed by atoms with Crippen LogP contribution < -0.4 is 0 Å². The number of ketones is 1. The number of carbonyl (C=O) groups is 2. The van der Waals surface area contributed by atoms with E-state index in [4.69, 9.17) is 0 Å². The van der Waals surface area contributed by atoms with Crippen molar-refractivity contribution in [3.8, 4) is 0 Å². The van der Waals surface area contributed by atoms with Crippen LogP contribution in [0.5, 0.6) is 0 Å². The molecule has 3 nitrogen and oxygen atoms in total. The number of carbonyl (C=O) groups excluding carboxylic acids is 2. The van der Waals surface area contributed by atoms with E-state index in [-0.39, 0.29) is 17.6 Å². The lowest BCUT2D eigenvalue weighted by Gasteiger charge is -2.16. The fourth-order valence-corrected chi connectivity index (χ4v) is 1.65. The SMILES string of the molecule is CCC1CC(=O)N(CC(=O)C(C)C)C1. The van der Waals surface area contributed by atoms with Crippen molar-refractivity contribution in [1.82, 2.24) is 4.90 Å². The molecule has 0 aliphatic carbocycles. The first kappa shape index (κ1) is 11.2. The van der Waals surface area contributed by atoms with E-state index < -0.39 is 0 Å². The Bertz CT molecular complexity index is 235. The quantitative estimate of drug-likeness (QED) is 0.684. The van der Waals surface area contributed by atoms with Gasteiger partial charge in [0.25, 0.3) is 0 Å². The maximum Gasteiger partial charge on any atom is 0.223 e. The van der Waals surface area contributed by atoms with Crippen LogP contribution in [0.25, 0.3) is 0 Å². The third-order valence-electron chi connectivity index (χ3n) is 2.86. The first-order chi connectivity index (χ1) is 6.54. The zero-order chi connectivity index (χ0) is 10.7. The molecule has 1 amide bonds. The molecule has 0 spiro atoms. The fraction of sp³-hybridized carbons (Fsp3) is 0.818. The lowest BCUT2D eigenvalue weighted by atomic mass is 10.1. The Morgan fingerprint density at radius 3 is 2.64 bits per heavy atom. The molecule has 1 unspecified atom stereocenters. The van der Waals surface area contributed by atoms with Gasteiger partial charge in [0.1, 0.15) is 0 Å². The van der Waals surface area contributed by atoms with Gasteiger partial charge >= 0.3 is 0 Å². The summed E-state index contributed by atoms with van der Waals surface area (Å²) < 4.78 is 0. The summed E-state index contributed by atoms with van der Waals surface area (Å²) in [6.45, 7) is 6.92. The van der Waals surface area contributed by atoms with Crippen LogP contribution >= 0.6 is 0 Å². The minimum atomic E-state index is 0.0310. The number of hydrogen-bond acceptors (Lipinski definition) is 2. The molecule has 1 saturated heterocycles. The minimum Gasteiger partial charge on any atom is -0.335 e. The summed E-state index contributed by atoms with van der Waals surface area (Å²) >= 11 is 0. The third-order valence-corrected chi connectivity index (χ3v) is 2.86. The van der Waals surface area contributed by atoms with Gasteiger partial charge in [0.15, 0.2) is 5.78 Å². The van der Waals surface area contributed by atoms with E-state index in [1.807, 2.05) is 13.8 Å². The third kappa shape index (κ3) is 2.56. The Balaban J connectivity index is 2.46. The molecule has 1 fully saturated rings. The van der Waals surface area contributed by atoms with E-state index in [2.05, 4.69) is 6.92 Å². The summed E-state index contributed by atoms with van der Waals surface area (Å²) in [5.74, 6) is 0.798. The molecule has 1 rings (SSSR count). The molecule has 0 N–H and O–H groups in total. The van der Waals surface area contributed by atoms with Crippen LogP contribution in [0.4, 0.5) is 0 Å². The van der Waals surface area contributed by atoms with Gasteiger partial charge in [-0.15, -0.1) is 0 Å². The number of amides is 1. The average Bonchev–Trinajstić information content (AvgIpc) is 2.47. The lowest BCUT2D eigenvalue weighted by molar-refractivity contribution is -0.133. The van der Waals surface area contributed by atoms with E-state index in [1.165, 1.54) is 0 Å². The van der Waals surface area contributed by atoms with Gasteiger partial charge in [-0.05, 0) is 5.92 Å². The highest BCUT2D eigenvalue weighted by Crippen LogP contribution is 2.20. The monoisotopic (exact) mass is 197 g/mol. The van der Waals surface area contributed by atoms with Crippen molar-refractivity contribution < 1.29 is 9.59 Å². The predicted molar refractivity (Wildman–Crippen MR) is 54.8 cm³/mol. The molecule has 1 atom stereocenters. The molecule has 80 valence electrons. The Kier molecular flexibility index (Phi) is 3.67. The smallest absolute Gasteiger partial charge is 0.223 e. The summed E-state index contributed by atoms with van der Waals surface area (Å²) in [6, 6.07) is 0. The summed E-state index contributed by atoms with van der Waals surface area (Å²) in [5.41, 5.74) is 0. The molecule has 1 aliphatic rings. The van der Waals surface area contributed by atoms with E-state index in [1.54, 1.807) is 4.90 Å². The van der Waals surface area contributed by atoms with Crippen molar-refractivity contribution in [3.05, 3.63) is 0 Å². The van der Waals surface area contributed by atoms with Crippen LogP contribution in [0.3, 0.4) is 0 Å². The molecule has 3 heteroatoms. The number of likely N-dealkylation sites (tertiary alicyclic amines) is 1. The van der Waals surface area contributed by atoms with Gasteiger partial charge in [-0.1, -0.05) is 27.2 Å². The van der Waals surface area contributed by atoms with Crippen molar-refractivity contribution in [2.75, 3.05) is 13.1 Å². The Morgan fingerprint density at radius 2 is 2.21 bits per heavy atom. The summed E-state index contributed by atoms with van der Waals surface area (Å²) in [4.78, 5) is 24.6. The number of Topliss-reactive ketones (excluding diaryl/α,β-unsaturated/α-hetero) is 1. The predicted octanol–water partition coefficient (Wildman–Crippen LogP) is 1.47. The molecule has 1 heterocycles. The van der Waals surface area contributed by atoms with Crippen LogP contribution in [0.1, 0.15) is 33.6 Å². The number of hydrogen-bond donors (Lipinski definition) is 0. The van der Waals surface area contributed by atoms with Gasteiger partial charge < -0.3 is 4.90 Å². The van der Waals surface area contributed by atoms with Gasteiger partial charge in [0.2, 0.25) is 5.91 Å². The van der Waals surface area contributed by atoms with E-state index >= 15 is 0 Å². The second-order valence-electron chi connectivity index (χ2n) is 4.37. The normalized spacial score (nSPS) is 22.1. The van der Waals surface area contributed by atoms with Crippen molar-refractivity contribution in [3.63, 3.8) is 0 Å². The molecule has 0 bridgehead atoms. The van der Waals surface area contributed by atoms with Gasteiger partial charge in [-0.3, -0.25) is 9.59 Å². The molecule has 0 aromatic heterocycles. The Morgan fingerprint density at radius 1 is 1.57 bits per heavy atom. The van der Waals surface area contributed by atoms with Gasteiger partial charge in [-0.2, -0.15) is 0 Å². The molecule has 1 aliphatic heterocycles. The van der Waals surface area contributed by atoms with Gasteiger partial charge in [0.05, 0.1) is 6.54 Å². The summed E-state index contributed by atoms with van der Waals surface area (Å²) in [7, 11) is 0. The van der Waals surface area contributed by atoms with E-state index in [0.717, 1.165) is 13.0 Å². The molecule has 0 saturated carbocycles. The van der Waals surface area contributed by atoms with Crippen molar-refractivity contribution in [2.24, 2.45) is 11.8 Å². The minimum absolute atomic E-state index is 0.0310. The first-order valence-electron chi connectivity index (χ1n) is 5.35. The molecule has 0 aromatic rings. The topological polar surface area (TPSA) is 37.4 Å². The summed E-state index contributed by atoms with van der Waals surface area (Å²) in [6.07, 6.45) is 1.65. The Labute approximate surface area is 85.5 Å². The van der Waals surface area contributed by atoms with Crippen LogP contribution in [0, 0.1) is 11.8 Å². The lowest BCUT2D eigenvalue weighted by Crippen LogP contribution is -2.33. The van der Waals surface area contributed by atoms with E-state index in [0.29, 0.717) is 18.9 Å². The second kappa shape index (κ2) is 4.58. The largest absolute Gasteiger partial charge is 0.335 e. The first-order valence-corrected chi connectivity index (χ1v) is 5.35. The highest BCUT2D eigenvalue weighted by atomic mass is 16.2. The van der Waals surface area contributed by atoms with Crippen LogP contribution in [-0.4, -0.2) is 29.7 Å². The van der Waals surface area contributed by atoms with Crippen LogP contribution in [-0.2, 0) is 9.59 Å². The molecular weight excluding hydrogens is 178 g/mol. The molecule has 0 aromatic carbocycles. The van der Waals surface area contributed by atoms with Gasteiger partial charge in [-0.25, -0.2) is 0 Å². The maximum absolute atomic E-state index is 11.5. The molecule has 0 radical (unpaired) electrons. The summed E-state index contributed by atoms with van der Waals surface area (Å²) in [5, 5.41) is 0. The van der Waals surface area contributed by atoms with Crippen LogP contribution in [0.2, 0.25) is 0 Å². The maximum atomic E-state index is 11.5. The molecular formula is C11H19NO2. The highest BCUT2D eigenvalue weighted by molar-refractivity contribution is 5.88. The van der Waals surface area contributed by atoms with E-state index in [9.17, 15) is 9.59 Å². The second-order valence-corrected chi connectivity index (χ2v) is 4.37. The zero-order valence-electron chi connectivity index (χ0n) is 9.25. The van der Waals surface area contributed by atoms with Crippen molar-refractivity contribution in [1.29, 1.82) is 0 Å². The van der Waals surface area contributed by atoms with Crippen molar-refractivity contribution >= 4 is 11.7 Å². The Hall–Kier alpha value is -0.860. The van der Waals surface area contributed by atoms with Crippen molar-refractivity contribution in [2.45, 2.75) is 33.6 Å². The number of rotatable bonds is 4. The van der Waals surface area contributed by atoms with Gasteiger partial charge in [0, 0.05) is 18.9 Å². The molecule has 14 heavy (non-hydrogen) atoms. The average molecular weight is 197 g/mol.